The molecule has 2 amide bonds. The second-order valence-electron chi connectivity index (χ2n) is 9.75. The van der Waals surface area contributed by atoms with Crippen molar-refractivity contribution in [2.45, 2.75) is 32.7 Å². The van der Waals surface area contributed by atoms with Gasteiger partial charge in [-0.05, 0) is 61.4 Å². The number of urea groups is 1. The van der Waals surface area contributed by atoms with E-state index in [1.807, 2.05) is 0 Å². The van der Waals surface area contributed by atoms with E-state index in [1.54, 1.807) is 62.4 Å². The number of aliphatic hydroxyl groups excluding tert-OH is 1. The number of amides is 2. The van der Waals surface area contributed by atoms with Crippen molar-refractivity contribution >= 4 is 64.6 Å². The number of aliphatic hydroxyl groups is 1. The molecule has 4 rings (SSSR count). The van der Waals surface area contributed by atoms with Crippen LogP contribution < -0.4 is 30.3 Å². The van der Waals surface area contributed by atoms with Gasteiger partial charge in [-0.2, -0.15) is 5.10 Å². The molecule has 0 aromatic heterocycles. The summed E-state index contributed by atoms with van der Waals surface area (Å²) in [5, 5.41) is 21.2. The molecule has 1 heterocycles. The normalized spacial score (nSPS) is 15.2. The molecule has 1 aliphatic rings. The third kappa shape index (κ3) is 8.89. The minimum atomic E-state index is -1.21. The first kappa shape index (κ1) is 35.0. The van der Waals surface area contributed by atoms with Gasteiger partial charge in [0.2, 0.25) is 0 Å². The number of nitrogens with one attached hydrogen (secondary N) is 3. The Labute approximate surface area is 285 Å². The Balaban J connectivity index is 1.37. The van der Waals surface area contributed by atoms with E-state index in [2.05, 4.69) is 21.2 Å². The number of hydrogen-bond donors (Lipinski definition) is 4. The quantitative estimate of drug-likeness (QED) is 0.0692. The van der Waals surface area contributed by atoms with Crippen LogP contribution in [-0.2, 0) is 16.1 Å². The molecule has 15 heteroatoms. The molecule has 0 bridgehead atoms. The van der Waals surface area contributed by atoms with E-state index in [0.29, 0.717) is 50.5 Å². The van der Waals surface area contributed by atoms with Crippen molar-refractivity contribution in [2.24, 2.45) is 5.10 Å². The third-order valence-electron chi connectivity index (χ3n) is 6.52. The Morgan fingerprint density at radius 3 is 2.43 bits per heavy atom. The van der Waals surface area contributed by atoms with Gasteiger partial charge in [-0.15, -0.1) is 0 Å². The predicted octanol–water partition coefficient (Wildman–Crippen LogP) is 6.40. The fraction of sp³-hybridized carbons (Fsp3) is 0.258. The average Bonchev–Trinajstić information content (AvgIpc) is 3.00. The monoisotopic (exact) mass is 710 g/mol. The Hall–Kier alpha value is -3.87. The van der Waals surface area contributed by atoms with Crippen molar-refractivity contribution in [3.05, 3.63) is 96.6 Å². The lowest BCUT2D eigenvalue weighted by atomic mass is 9.95. The van der Waals surface area contributed by atoms with Gasteiger partial charge < -0.3 is 34.7 Å². The number of methoxy groups -OCH3 is 1. The van der Waals surface area contributed by atoms with Gasteiger partial charge >= 0.3 is 12.0 Å². The maximum Gasteiger partial charge on any atom is 0.337 e. The highest BCUT2D eigenvalue weighted by atomic mass is 35.5. The second-order valence-corrected chi connectivity index (χ2v) is 11.4. The van der Waals surface area contributed by atoms with Gasteiger partial charge in [0.25, 0.3) is 0 Å². The van der Waals surface area contributed by atoms with Gasteiger partial charge in [0.05, 0.1) is 41.6 Å². The molecule has 0 fully saturated rings. The number of carbonyl (C=O) groups is 2. The maximum atomic E-state index is 12.4. The summed E-state index contributed by atoms with van der Waals surface area (Å²) in [6.07, 6.45) is 0.214. The molecule has 4 N–H and O–H groups in total. The molecular formula is C31H30Cl4N4O7. The van der Waals surface area contributed by atoms with Crippen LogP contribution in [0.15, 0.2) is 64.9 Å². The van der Waals surface area contributed by atoms with Crippen molar-refractivity contribution in [1.82, 2.24) is 16.1 Å². The number of benzene rings is 3. The molecule has 244 valence electrons. The van der Waals surface area contributed by atoms with Crippen LogP contribution in [0.2, 0.25) is 20.1 Å². The van der Waals surface area contributed by atoms with Gasteiger partial charge in [0.1, 0.15) is 13.2 Å². The lowest BCUT2D eigenvalue weighted by Gasteiger charge is -2.28. The first-order valence-electron chi connectivity index (χ1n) is 13.8. The van der Waals surface area contributed by atoms with E-state index < -0.39 is 24.3 Å². The smallest absolute Gasteiger partial charge is 0.337 e. The summed E-state index contributed by atoms with van der Waals surface area (Å²) >= 11 is 24.9. The number of esters is 1. The van der Waals surface area contributed by atoms with Gasteiger partial charge in [0.15, 0.2) is 23.5 Å². The zero-order valence-corrected chi connectivity index (χ0v) is 27.9. The predicted molar refractivity (Wildman–Crippen MR) is 176 cm³/mol. The standard InChI is InChI=1S/C31H30Cl4N4O7/c1-4-44-25-11-18(28-27(30(41)43-3)16(2)37-31(42)38-28)6-8-24(25)45-15-26(40)39-36-13-17-9-22(34)29(23(35)10-17)46-14-19-5-7-20(32)12-21(19)33/h5-13,26,28,39-40H,4,14-15H2,1-3H3,(H2,37,38,42)/b36-13-/t26-,28+/m0/s1. The van der Waals surface area contributed by atoms with Crippen molar-refractivity contribution in [3.8, 4) is 17.2 Å². The number of hydrazone groups is 1. The molecule has 0 radical (unpaired) electrons. The molecule has 0 spiro atoms. The number of nitrogens with zero attached hydrogens (tertiary/aromatic N) is 1. The summed E-state index contributed by atoms with van der Waals surface area (Å²) < 4.78 is 22.2. The highest BCUT2D eigenvalue weighted by molar-refractivity contribution is 6.37. The first-order valence-corrected chi connectivity index (χ1v) is 15.3. The first-order chi connectivity index (χ1) is 22.0. The van der Waals surface area contributed by atoms with Crippen molar-refractivity contribution < 1.29 is 33.6 Å². The van der Waals surface area contributed by atoms with E-state index in [9.17, 15) is 14.7 Å². The molecule has 0 saturated carbocycles. The van der Waals surface area contributed by atoms with Crippen LogP contribution in [0.4, 0.5) is 4.79 Å². The number of carbonyl (C=O) groups excluding carboxylic acids is 2. The van der Waals surface area contributed by atoms with Crippen molar-refractivity contribution in [3.63, 3.8) is 0 Å². The maximum absolute atomic E-state index is 12.4. The van der Waals surface area contributed by atoms with Crippen molar-refractivity contribution in [2.75, 3.05) is 20.3 Å². The molecule has 0 unspecified atom stereocenters. The summed E-state index contributed by atoms with van der Waals surface area (Å²) in [6.45, 7) is 3.65. The van der Waals surface area contributed by atoms with Crippen molar-refractivity contribution in [1.29, 1.82) is 0 Å². The lowest BCUT2D eigenvalue weighted by molar-refractivity contribution is -0.136. The van der Waals surface area contributed by atoms with Crippen LogP contribution in [0.1, 0.15) is 36.6 Å². The molecule has 2 atom stereocenters. The van der Waals surface area contributed by atoms with Crippen LogP contribution in [-0.4, -0.2) is 49.9 Å². The van der Waals surface area contributed by atoms with Crippen LogP contribution >= 0.6 is 46.4 Å². The van der Waals surface area contributed by atoms with Crippen LogP contribution in [0.25, 0.3) is 0 Å². The molecular weight excluding hydrogens is 682 g/mol. The Morgan fingerprint density at radius 2 is 1.76 bits per heavy atom. The van der Waals surface area contributed by atoms with E-state index >= 15 is 0 Å². The van der Waals surface area contributed by atoms with Gasteiger partial charge in [-0.25, -0.2) is 9.59 Å². The number of ether oxygens (including phenoxy) is 4. The molecule has 3 aromatic rings. The summed E-state index contributed by atoms with van der Waals surface area (Å²) in [4.78, 5) is 24.6. The highest BCUT2D eigenvalue weighted by Crippen LogP contribution is 2.36. The molecule has 3 aromatic carbocycles. The van der Waals surface area contributed by atoms with E-state index in [1.165, 1.54) is 13.3 Å². The third-order valence-corrected chi connectivity index (χ3v) is 7.67. The van der Waals surface area contributed by atoms with Gasteiger partial charge in [0, 0.05) is 21.3 Å². The SMILES string of the molecule is CCOc1cc([C@H]2NC(=O)NC(C)=C2C(=O)OC)ccc1OC[C@H](O)N/N=C\c1cc(Cl)c(OCc2ccc(Cl)cc2Cl)c(Cl)c1. The Morgan fingerprint density at radius 1 is 1.02 bits per heavy atom. The summed E-state index contributed by atoms with van der Waals surface area (Å²) in [7, 11) is 1.26. The summed E-state index contributed by atoms with van der Waals surface area (Å²) in [5.74, 6) is 0.357. The molecule has 0 saturated heterocycles. The van der Waals surface area contributed by atoms with E-state index in [0.717, 1.165) is 0 Å². The number of allylic oxidation sites excluding steroid dienone is 1. The number of halogens is 4. The number of hydrogen-bond acceptors (Lipinski definition) is 9. The molecule has 1 aliphatic heterocycles. The lowest BCUT2D eigenvalue weighted by Crippen LogP contribution is -2.45. The summed E-state index contributed by atoms with van der Waals surface area (Å²) in [5.41, 5.74) is 5.02. The molecule has 0 aliphatic carbocycles. The summed E-state index contributed by atoms with van der Waals surface area (Å²) in [6, 6.07) is 12.0. The zero-order valence-electron chi connectivity index (χ0n) is 24.8. The topological polar surface area (TPSA) is 140 Å². The zero-order chi connectivity index (χ0) is 33.4. The Bertz CT molecular complexity index is 1640. The van der Waals surface area contributed by atoms with Crippen LogP contribution in [0.3, 0.4) is 0 Å². The molecule has 11 nitrogen and oxygen atoms in total. The average molecular weight is 712 g/mol. The van der Waals surface area contributed by atoms with E-state index in [-0.39, 0.29) is 34.6 Å². The van der Waals surface area contributed by atoms with Crippen LogP contribution in [0.5, 0.6) is 17.2 Å². The van der Waals surface area contributed by atoms with Gasteiger partial charge in [-0.1, -0.05) is 58.5 Å². The Kier molecular flexibility index (Phi) is 12.3. The van der Waals surface area contributed by atoms with E-state index in [4.69, 9.17) is 65.4 Å². The fourth-order valence-corrected chi connectivity index (χ4v) is 5.48. The second kappa shape index (κ2) is 16.1. The highest BCUT2D eigenvalue weighted by Gasteiger charge is 2.32. The minimum Gasteiger partial charge on any atom is -0.490 e. The van der Waals surface area contributed by atoms with Gasteiger partial charge in [-0.3, -0.25) is 5.43 Å². The number of rotatable bonds is 13. The largest absolute Gasteiger partial charge is 0.490 e. The van der Waals surface area contributed by atoms with Crippen LogP contribution in [0, 0.1) is 0 Å². The minimum absolute atomic E-state index is 0.129. The fourth-order valence-electron chi connectivity index (χ4n) is 4.40. The molecule has 46 heavy (non-hydrogen) atoms.